The Balaban J connectivity index is 1.71. The minimum absolute atomic E-state index is 0.994. The Kier molecular flexibility index (Phi) is 8.44. The lowest BCUT2D eigenvalue weighted by Gasteiger charge is -2.16. The van der Waals surface area contributed by atoms with Crippen LogP contribution in [-0.2, 0) is 4.43 Å². The van der Waals surface area contributed by atoms with Crippen LogP contribution in [0, 0.1) is 5.92 Å². The molecule has 0 amide bonds. The van der Waals surface area contributed by atoms with Crippen molar-refractivity contribution < 1.29 is 4.43 Å². The summed E-state index contributed by atoms with van der Waals surface area (Å²) in [4.78, 5) is 0. The van der Waals surface area contributed by atoms with E-state index < -0.39 is 8.32 Å². The number of halogens is 1. The highest BCUT2D eigenvalue weighted by atomic mass is 127. The summed E-state index contributed by atoms with van der Waals surface area (Å²) in [6.45, 7) is 7.81. The maximum atomic E-state index is 5.86. The molecule has 0 spiro atoms. The zero-order valence-corrected chi connectivity index (χ0v) is 15.7. The topological polar surface area (TPSA) is 9.23 Å². The smallest absolute Gasteiger partial charge is 0.183 e. The summed E-state index contributed by atoms with van der Waals surface area (Å²) in [5.41, 5.74) is 0. The van der Waals surface area contributed by atoms with Gasteiger partial charge in [-0.25, -0.2) is 0 Å². The van der Waals surface area contributed by atoms with E-state index in [-0.39, 0.29) is 0 Å². The Bertz CT molecular complexity index is 215. The number of hydrogen-bond donors (Lipinski definition) is 0. The van der Waals surface area contributed by atoms with Crippen molar-refractivity contribution in [2.75, 3.05) is 6.61 Å². The summed E-state index contributed by atoms with van der Waals surface area (Å²) < 4.78 is 6.88. The first-order chi connectivity index (χ1) is 8.49. The highest BCUT2D eigenvalue weighted by molar-refractivity contribution is 14.1. The number of rotatable bonds is 11. The fraction of sp³-hybridized carbons (Fsp3) is 1.00. The lowest BCUT2D eigenvalue weighted by Crippen LogP contribution is -2.25. The van der Waals surface area contributed by atoms with E-state index in [9.17, 15) is 0 Å². The van der Waals surface area contributed by atoms with Gasteiger partial charge in [0.25, 0.3) is 0 Å². The molecule has 0 radical (unpaired) electrons. The summed E-state index contributed by atoms with van der Waals surface area (Å²) in [7, 11) is -1.25. The van der Waals surface area contributed by atoms with E-state index in [1.54, 1.807) is 0 Å². The maximum absolute atomic E-state index is 5.86. The molecule has 0 bridgehead atoms. The Morgan fingerprint density at radius 1 is 0.944 bits per heavy atom. The SMILES string of the molecule is C[Si](C)(C)OCCCCCCCCC[C@@H]1C[C@H]1I. The minimum atomic E-state index is -1.25. The molecule has 0 N–H and O–H groups in total. The molecule has 18 heavy (non-hydrogen) atoms. The van der Waals surface area contributed by atoms with Crippen molar-refractivity contribution in [3.8, 4) is 0 Å². The van der Waals surface area contributed by atoms with Crippen LogP contribution >= 0.6 is 22.6 Å². The molecular formula is C15H31IOSi. The molecule has 2 atom stereocenters. The average Bonchev–Trinajstić information content (AvgIpc) is 2.96. The molecule has 1 nitrogen and oxygen atoms in total. The third-order valence-corrected chi connectivity index (χ3v) is 6.19. The van der Waals surface area contributed by atoms with Gasteiger partial charge in [0.2, 0.25) is 0 Å². The van der Waals surface area contributed by atoms with Gasteiger partial charge in [0.05, 0.1) is 0 Å². The van der Waals surface area contributed by atoms with Gasteiger partial charge in [0.15, 0.2) is 8.32 Å². The summed E-state index contributed by atoms with van der Waals surface area (Å²) >= 11 is 2.60. The van der Waals surface area contributed by atoms with E-state index in [1.165, 1.54) is 57.8 Å². The molecule has 0 saturated heterocycles. The van der Waals surface area contributed by atoms with E-state index in [0.29, 0.717) is 0 Å². The lowest BCUT2D eigenvalue weighted by atomic mass is 10.1. The van der Waals surface area contributed by atoms with Crippen LogP contribution in [0.3, 0.4) is 0 Å². The van der Waals surface area contributed by atoms with Gasteiger partial charge < -0.3 is 4.43 Å². The van der Waals surface area contributed by atoms with Gasteiger partial charge in [-0.3, -0.25) is 0 Å². The first-order valence-corrected chi connectivity index (χ1v) is 12.4. The van der Waals surface area contributed by atoms with Gasteiger partial charge in [-0.05, 0) is 44.8 Å². The number of alkyl halides is 1. The van der Waals surface area contributed by atoms with Gasteiger partial charge in [-0.2, -0.15) is 0 Å². The first kappa shape index (κ1) is 17.0. The van der Waals surface area contributed by atoms with Crippen molar-refractivity contribution in [1.82, 2.24) is 0 Å². The normalized spacial score (nSPS) is 23.3. The maximum Gasteiger partial charge on any atom is 0.183 e. The number of hydrogen-bond acceptors (Lipinski definition) is 1. The van der Waals surface area contributed by atoms with Crippen molar-refractivity contribution >= 4 is 30.9 Å². The third kappa shape index (κ3) is 9.79. The van der Waals surface area contributed by atoms with Crippen LogP contribution in [0.1, 0.15) is 57.8 Å². The zero-order valence-electron chi connectivity index (χ0n) is 12.5. The molecule has 108 valence electrons. The molecule has 1 aliphatic carbocycles. The second kappa shape index (κ2) is 8.96. The standard InChI is InChI=1S/C15H31IOSi/c1-18(2,3)17-12-10-8-6-4-5-7-9-11-14-13-15(14)16/h14-15H,4-13H2,1-3H3/t14-,15-/m1/s1. The van der Waals surface area contributed by atoms with E-state index >= 15 is 0 Å². The molecule has 0 aromatic carbocycles. The Morgan fingerprint density at radius 3 is 1.94 bits per heavy atom. The Morgan fingerprint density at radius 2 is 1.44 bits per heavy atom. The van der Waals surface area contributed by atoms with Crippen molar-refractivity contribution in [3.05, 3.63) is 0 Å². The van der Waals surface area contributed by atoms with E-state index in [0.717, 1.165) is 16.4 Å². The molecule has 3 heteroatoms. The van der Waals surface area contributed by atoms with Crippen LogP contribution in [0.15, 0.2) is 0 Å². The minimum Gasteiger partial charge on any atom is -0.418 e. The molecule has 0 aliphatic heterocycles. The largest absolute Gasteiger partial charge is 0.418 e. The predicted octanol–water partition coefficient (Wildman–Crippen LogP) is 5.78. The van der Waals surface area contributed by atoms with Crippen molar-refractivity contribution in [3.63, 3.8) is 0 Å². The third-order valence-electron chi connectivity index (χ3n) is 3.59. The van der Waals surface area contributed by atoms with Crippen LogP contribution in [0.2, 0.25) is 19.6 Å². The molecule has 1 fully saturated rings. The van der Waals surface area contributed by atoms with Crippen LogP contribution in [0.25, 0.3) is 0 Å². The second-order valence-electron chi connectivity index (χ2n) is 6.74. The highest BCUT2D eigenvalue weighted by Gasteiger charge is 2.33. The quantitative estimate of drug-likeness (QED) is 0.190. The van der Waals surface area contributed by atoms with Crippen molar-refractivity contribution in [2.45, 2.75) is 81.4 Å². The van der Waals surface area contributed by atoms with Gasteiger partial charge in [0, 0.05) is 10.5 Å². The number of unbranched alkanes of at least 4 members (excludes halogenated alkanes) is 6. The van der Waals surface area contributed by atoms with Crippen LogP contribution in [0.5, 0.6) is 0 Å². The highest BCUT2D eigenvalue weighted by Crippen LogP contribution is 2.41. The van der Waals surface area contributed by atoms with Crippen LogP contribution in [0.4, 0.5) is 0 Å². The Hall–Kier alpha value is 0.907. The molecular weight excluding hydrogens is 351 g/mol. The molecule has 1 saturated carbocycles. The molecule has 0 heterocycles. The summed E-state index contributed by atoms with van der Waals surface area (Å²) in [6, 6.07) is 0. The fourth-order valence-corrected chi connectivity index (χ4v) is 4.05. The zero-order chi connectivity index (χ0) is 13.4. The van der Waals surface area contributed by atoms with E-state index in [4.69, 9.17) is 4.43 Å². The molecule has 0 unspecified atom stereocenters. The predicted molar refractivity (Wildman–Crippen MR) is 92.1 cm³/mol. The van der Waals surface area contributed by atoms with E-state index in [2.05, 4.69) is 42.2 Å². The summed E-state index contributed by atoms with van der Waals surface area (Å²) in [5, 5.41) is 0. The molecule has 1 rings (SSSR count). The lowest BCUT2D eigenvalue weighted by molar-refractivity contribution is 0.298. The van der Waals surface area contributed by atoms with Gasteiger partial charge in [-0.1, -0.05) is 61.1 Å². The molecule has 0 aromatic rings. The summed E-state index contributed by atoms with van der Waals surface area (Å²) in [5.74, 6) is 1.09. The van der Waals surface area contributed by atoms with Crippen molar-refractivity contribution in [2.24, 2.45) is 5.92 Å². The van der Waals surface area contributed by atoms with Crippen LogP contribution < -0.4 is 0 Å². The monoisotopic (exact) mass is 382 g/mol. The van der Waals surface area contributed by atoms with Crippen LogP contribution in [-0.4, -0.2) is 18.8 Å². The van der Waals surface area contributed by atoms with Gasteiger partial charge >= 0.3 is 0 Å². The molecule has 1 aliphatic rings. The molecule has 0 aromatic heterocycles. The Labute approximate surface area is 129 Å². The first-order valence-electron chi connectivity index (χ1n) is 7.77. The second-order valence-corrected chi connectivity index (χ2v) is 12.8. The van der Waals surface area contributed by atoms with Gasteiger partial charge in [0.1, 0.15) is 0 Å². The average molecular weight is 382 g/mol. The summed E-state index contributed by atoms with van der Waals surface area (Å²) in [6.07, 6.45) is 12.9. The van der Waals surface area contributed by atoms with Crippen molar-refractivity contribution in [1.29, 1.82) is 0 Å². The van der Waals surface area contributed by atoms with Gasteiger partial charge in [-0.15, -0.1) is 0 Å². The van der Waals surface area contributed by atoms with E-state index in [1.807, 2.05) is 0 Å². The fourth-order valence-electron chi connectivity index (χ4n) is 2.28.